The zero-order valence-corrected chi connectivity index (χ0v) is 17.1. The van der Waals surface area contributed by atoms with Gasteiger partial charge in [0.05, 0.1) is 6.61 Å². The minimum Gasteiger partial charge on any atom is -0.459 e. The van der Waals surface area contributed by atoms with Gasteiger partial charge in [0, 0.05) is 6.54 Å². The van der Waals surface area contributed by atoms with Gasteiger partial charge in [-0.2, -0.15) is 5.06 Å². The monoisotopic (exact) mass is 363 g/mol. The molecule has 148 valence electrons. The summed E-state index contributed by atoms with van der Waals surface area (Å²) < 4.78 is 5.43. The maximum atomic E-state index is 12.1. The van der Waals surface area contributed by atoms with E-state index in [1.54, 1.807) is 5.06 Å². The van der Waals surface area contributed by atoms with Gasteiger partial charge in [0.2, 0.25) is 0 Å². The molecule has 0 aromatic heterocycles. The second-order valence-corrected chi connectivity index (χ2v) is 7.83. The highest BCUT2D eigenvalue weighted by Crippen LogP contribution is 2.11. The van der Waals surface area contributed by atoms with Crippen molar-refractivity contribution in [2.45, 2.75) is 84.8 Å². The highest BCUT2D eigenvalue weighted by Gasteiger charge is 2.19. The van der Waals surface area contributed by atoms with E-state index in [2.05, 4.69) is 6.92 Å². The molecule has 0 saturated heterocycles. The standard InChI is InChI=1S/C22H37NO3/c1-5-6-7-8-9-10-14-17-23(18-21(24)26-22(2,3)4)25-19-20-15-12-11-13-16-20/h11-13,15-16H,5-10,14,17-19H2,1-4H3. The largest absolute Gasteiger partial charge is 0.459 e. The molecule has 26 heavy (non-hydrogen) atoms. The Morgan fingerprint density at radius 1 is 0.962 bits per heavy atom. The van der Waals surface area contributed by atoms with Crippen molar-refractivity contribution in [3.8, 4) is 0 Å². The number of benzene rings is 1. The number of hydrogen-bond acceptors (Lipinski definition) is 4. The van der Waals surface area contributed by atoms with Crippen molar-refractivity contribution in [2.75, 3.05) is 13.1 Å². The van der Waals surface area contributed by atoms with Crippen LogP contribution in [-0.4, -0.2) is 29.7 Å². The Balaban J connectivity index is 2.40. The number of rotatable bonds is 13. The predicted octanol–water partition coefficient (Wildman–Crippen LogP) is 5.51. The molecule has 0 N–H and O–H groups in total. The lowest BCUT2D eigenvalue weighted by atomic mass is 10.1. The fraction of sp³-hybridized carbons (Fsp3) is 0.682. The maximum absolute atomic E-state index is 12.1. The van der Waals surface area contributed by atoms with Gasteiger partial charge in [0.1, 0.15) is 12.1 Å². The van der Waals surface area contributed by atoms with Crippen LogP contribution >= 0.6 is 0 Å². The number of ether oxygens (including phenoxy) is 1. The minimum atomic E-state index is -0.471. The molecule has 0 aliphatic heterocycles. The third-order valence-electron chi connectivity index (χ3n) is 3.99. The average Bonchev–Trinajstić information content (AvgIpc) is 2.58. The van der Waals surface area contributed by atoms with Crippen LogP contribution in [0.4, 0.5) is 0 Å². The van der Waals surface area contributed by atoms with Crippen LogP contribution in [-0.2, 0) is 21.0 Å². The Hall–Kier alpha value is -1.39. The summed E-state index contributed by atoms with van der Waals surface area (Å²) in [6.07, 6.45) is 8.67. The van der Waals surface area contributed by atoms with E-state index in [0.29, 0.717) is 6.61 Å². The Labute approximate surface area is 159 Å². The van der Waals surface area contributed by atoms with Crippen LogP contribution in [0.5, 0.6) is 0 Å². The number of nitrogens with zero attached hydrogens (tertiary/aromatic N) is 1. The van der Waals surface area contributed by atoms with E-state index in [0.717, 1.165) is 18.5 Å². The molecule has 0 amide bonds. The third kappa shape index (κ3) is 12.0. The van der Waals surface area contributed by atoms with Crippen molar-refractivity contribution in [1.29, 1.82) is 0 Å². The smallest absolute Gasteiger partial charge is 0.323 e. The molecular formula is C22H37NO3. The van der Waals surface area contributed by atoms with E-state index in [9.17, 15) is 4.79 Å². The molecule has 0 atom stereocenters. The normalized spacial score (nSPS) is 11.7. The minimum absolute atomic E-state index is 0.167. The van der Waals surface area contributed by atoms with Crippen molar-refractivity contribution in [3.05, 3.63) is 35.9 Å². The van der Waals surface area contributed by atoms with E-state index in [1.807, 2.05) is 51.1 Å². The average molecular weight is 364 g/mol. The topological polar surface area (TPSA) is 38.8 Å². The summed E-state index contributed by atoms with van der Waals surface area (Å²) in [6.45, 7) is 9.28. The molecule has 1 rings (SSSR count). The Morgan fingerprint density at radius 2 is 1.58 bits per heavy atom. The first kappa shape index (κ1) is 22.7. The zero-order chi connectivity index (χ0) is 19.3. The summed E-state index contributed by atoms with van der Waals surface area (Å²) in [6, 6.07) is 10.0. The molecule has 0 radical (unpaired) electrons. The molecule has 0 aliphatic carbocycles. The second-order valence-electron chi connectivity index (χ2n) is 7.83. The quantitative estimate of drug-likeness (QED) is 0.263. The number of esters is 1. The van der Waals surface area contributed by atoms with Crippen LogP contribution in [0.2, 0.25) is 0 Å². The highest BCUT2D eigenvalue weighted by atomic mass is 16.7. The van der Waals surface area contributed by atoms with Gasteiger partial charge in [-0.3, -0.25) is 9.63 Å². The van der Waals surface area contributed by atoms with Crippen molar-refractivity contribution in [1.82, 2.24) is 5.06 Å². The van der Waals surface area contributed by atoms with Gasteiger partial charge in [0.15, 0.2) is 0 Å². The number of hydroxylamine groups is 2. The van der Waals surface area contributed by atoms with Gasteiger partial charge in [-0.15, -0.1) is 0 Å². The molecule has 1 aromatic carbocycles. The van der Waals surface area contributed by atoms with Gasteiger partial charge in [-0.05, 0) is 32.8 Å². The molecule has 0 heterocycles. The highest BCUT2D eigenvalue weighted by molar-refractivity contribution is 5.71. The van der Waals surface area contributed by atoms with Crippen molar-refractivity contribution < 1.29 is 14.4 Å². The van der Waals surface area contributed by atoms with Gasteiger partial charge < -0.3 is 4.74 Å². The summed E-state index contributed by atoms with van der Waals surface area (Å²) in [7, 11) is 0. The van der Waals surface area contributed by atoms with Crippen LogP contribution in [0.1, 0.15) is 78.2 Å². The van der Waals surface area contributed by atoms with E-state index < -0.39 is 5.60 Å². The maximum Gasteiger partial charge on any atom is 0.323 e. The third-order valence-corrected chi connectivity index (χ3v) is 3.99. The number of unbranched alkanes of at least 4 members (excludes halogenated alkanes) is 6. The molecule has 0 saturated carbocycles. The zero-order valence-electron chi connectivity index (χ0n) is 17.1. The first-order valence-corrected chi connectivity index (χ1v) is 10.0. The lowest BCUT2D eigenvalue weighted by Crippen LogP contribution is -2.35. The summed E-state index contributed by atoms with van der Waals surface area (Å²) in [5.41, 5.74) is 0.628. The lowest BCUT2D eigenvalue weighted by molar-refractivity contribution is -0.192. The molecule has 0 bridgehead atoms. The van der Waals surface area contributed by atoms with Gasteiger partial charge in [-0.25, -0.2) is 0 Å². The number of hydrogen-bond donors (Lipinski definition) is 0. The number of carbonyl (C=O) groups excluding carboxylic acids is 1. The van der Waals surface area contributed by atoms with Crippen molar-refractivity contribution >= 4 is 5.97 Å². The lowest BCUT2D eigenvalue weighted by Gasteiger charge is -2.24. The molecular weight excluding hydrogens is 326 g/mol. The van der Waals surface area contributed by atoms with Crippen molar-refractivity contribution in [2.24, 2.45) is 0 Å². The van der Waals surface area contributed by atoms with Crippen LogP contribution in [0, 0.1) is 0 Å². The Morgan fingerprint density at radius 3 is 2.19 bits per heavy atom. The SMILES string of the molecule is CCCCCCCCCN(CC(=O)OC(C)(C)C)OCc1ccccc1. The molecule has 0 spiro atoms. The van der Waals surface area contributed by atoms with E-state index in [4.69, 9.17) is 9.57 Å². The summed E-state index contributed by atoms with van der Waals surface area (Å²) in [5, 5.41) is 1.76. The van der Waals surface area contributed by atoms with Crippen LogP contribution in [0.3, 0.4) is 0 Å². The predicted molar refractivity (Wildman–Crippen MR) is 107 cm³/mol. The fourth-order valence-corrected chi connectivity index (χ4v) is 2.69. The van der Waals surface area contributed by atoms with E-state index in [1.165, 1.54) is 38.5 Å². The Kier molecular flexibility index (Phi) is 11.2. The fourth-order valence-electron chi connectivity index (χ4n) is 2.69. The summed E-state index contributed by atoms with van der Waals surface area (Å²) >= 11 is 0. The molecule has 0 fully saturated rings. The molecule has 0 unspecified atom stereocenters. The molecule has 4 heteroatoms. The van der Waals surface area contributed by atoms with E-state index >= 15 is 0 Å². The first-order chi connectivity index (χ1) is 12.4. The molecule has 0 aliphatic rings. The van der Waals surface area contributed by atoms with Gasteiger partial charge in [-0.1, -0.05) is 75.8 Å². The first-order valence-electron chi connectivity index (χ1n) is 10.0. The van der Waals surface area contributed by atoms with Crippen LogP contribution in [0.25, 0.3) is 0 Å². The summed E-state index contributed by atoms with van der Waals surface area (Å²) in [4.78, 5) is 18.0. The van der Waals surface area contributed by atoms with Crippen molar-refractivity contribution in [3.63, 3.8) is 0 Å². The van der Waals surface area contributed by atoms with Crippen LogP contribution in [0.15, 0.2) is 30.3 Å². The summed E-state index contributed by atoms with van der Waals surface area (Å²) in [5.74, 6) is -0.242. The number of carbonyl (C=O) groups is 1. The molecule has 4 nitrogen and oxygen atoms in total. The Bertz CT molecular complexity index is 482. The van der Waals surface area contributed by atoms with E-state index in [-0.39, 0.29) is 12.5 Å². The van der Waals surface area contributed by atoms with Crippen LogP contribution < -0.4 is 0 Å². The second kappa shape index (κ2) is 12.9. The van der Waals surface area contributed by atoms with Gasteiger partial charge >= 0.3 is 5.97 Å². The molecule has 1 aromatic rings. The van der Waals surface area contributed by atoms with Gasteiger partial charge in [0.25, 0.3) is 0 Å².